The molecule has 174 valence electrons. The van der Waals surface area contributed by atoms with Crippen LogP contribution >= 0.6 is 0 Å². The monoisotopic (exact) mass is 464 g/mol. The first-order chi connectivity index (χ1) is 15.0. The average Bonchev–Trinajstić information content (AvgIpc) is 2.74. The van der Waals surface area contributed by atoms with Gasteiger partial charge in [-0.1, -0.05) is 31.5 Å². The van der Waals surface area contributed by atoms with Crippen LogP contribution in [0.2, 0.25) is 0 Å². The molecule has 1 atom stereocenters. The van der Waals surface area contributed by atoms with Crippen molar-refractivity contribution >= 4 is 27.6 Å². The van der Waals surface area contributed by atoms with Crippen LogP contribution in [0.3, 0.4) is 0 Å². The van der Waals surface area contributed by atoms with Gasteiger partial charge in [0.25, 0.3) is 0 Å². The van der Waals surface area contributed by atoms with Crippen LogP contribution in [-0.4, -0.2) is 44.8 Å². The highest BCUT2D eigenvalue weighted by atomic mass is 32.2. The van der Waals surface area contributed by atoms with Crippen LogP contribution in [0, 0.1) is 12.7 Å². The van der Waals surface area contributed by atoms with Crippen molar-refractivity contribution in [1.29, 1.82) is 0 Å². The minimum atomic E-state index is -3.67. The molecular weight excluding hydrogens is 435 g/mol. The minimum Gasteiger partial charge on any atom is -0.334 e. The first-order valence-electron chi connectivity index (χ1n) is 10.2. The molecule has 0 radical (unpaired) electrons. The van der Waals surface area contributed by atoms with Crippen LogP contribution in [0.15, 0.2) is 47.4 Å². The fraction of sp³-hybridized carbons (Fsp3) is 0.364. The van der Waals surface area contributed by atoms with E-state index in [2.05, 4.69) is 16.0 Å². The van der Waals surface area contributed by atoms with E-state index in [4.69, 9.17) is 0 Å². The van der Waals surface area contributed by atoms with Gasteiger partial charge in [0.2, 0.25) is 15.9 Å². The average molecular weight is 465 g/mol. The number of rotatable bonds is 9. The van der Waals surface area contributed by atoms with E-state index >= 15 is 0 Å². The molecule has 0 spiro atoms. The molecule has 1 unspecified atom stereocenters. The summed E-state index contributed by atoms with van der Waals surface area (Å²) in [4.78, 5) is 25.1. The Morgan fingerprint density at radius 2 is 1.75 bits per heavy atom. The number of hydrogen-bond acceptors (Lipinski definition) is 4. The lowest BCUT2D eigenvalue weighted by Crippen LogP contribution is -2.47. The zero-order valence-corrected chi connectivity index (χ0v) is 19.4. The normalized spacial score (nSPS) is 12.3. The van der Waals surface area contributed by atoms with E-state index in [1.807, 2.05) is 6.92 Å². The number of carbonyl (C=O) groups excluding carboxylic acids is 2. The van der Waals surface area contributed by atoms with E-state index in [1.165, 1.54) is 32.3 Å². The molecule has 0 fully saturated rings. The molecule has 0 aliphatic heterocycles. The number of nitrogens with one attached hydrogen (secondary N) is 3. The number of hydrogen-bond donors (Lipinski definition) is 3. The molecule has 0 saturated carbocycles. The summed E-state index contributed by atoms with van der Waals surface area (Å²) in [5, 5.41) is 7.95. The van der Waals surface area contributed by atoms with Crippen molar-refractivity contribution in [3.8, 4) is 0 Å². The molecule has 3 N–H and O–H groups in total. The third-order valence-corrected chi connectivity index (χ3v) is 6.74. The fourth-order valence-corrected chi connectivity index (χ4v) is 4.08. The van der Waals surface area contributed by atoms with E-state index in [-0.39, 0.29) is 17.3 Å². The van der Waals surface area contributed by atoms with Crippen LogP contribution in [0.25, 0.3) is 0 Å². The Morgan fingerprint density at radius 3 is 2.34 bits per heavy atom. The Hall–Kier alpha value is -2.98. The summed E-state index contributed by atoms with van der Waals surface area (Å²) >= 11 is 0. The summed E-state index contributed by atoms with van der Waals surface area (Å²) in [7, 11) is -0.800. The zero-order valence-electron chi connectivity index (χ0n) is 18.6. The highest BCUT2D eigenvalue weighted by molar-refractivity contribution is 7.89. The van der Waals surface area contributed by atoms with Crippen molar-refractivity contribution in [2.45, 2.75) is 44.2 Å². The Bertz CT molecular complexity index is 1060. The molecule has 0 saturated heterocycles. The number of carbonyl (C=O) groups is 2. The maximum absolute atomic E-state index is 13.0. The molecule has 0 aliphatic carbocycles. The summed E-state index contributed by atoms with van der Waals surface area (Å²) in [6.07, 6.45) is 1.04. The summed E-state index contributed by atoms with van der Waals surface area (Å²) < 4.78 is 39.1. The van der Waals surface area contributed by atoms with Gasteiger partial charge in [-0.15, -0.1) is 0 Å². The van der Waals surface area contributed by atoms with Gasteiger partial charge in [-0.25, -0.2) is 21.9 Å². The predicted molar refractivity (Wildman–Crippen MR) is 121 cm³/mol. The van der Waals surface area contributed by atoms with Crippen molar-refractivity contribution in [3.63, 3.8) is 0 Å². The minimum absolute atomic E-state index is 0.0948. The summed E-state index contributed by atoms with van der Waals surface area (Å²) in [5.41, 5.74) is 1.59. The molecule has 2 aromatic rings. The second-order valence-corrected chi connectivity index (χ2v) is 9.67. The Kier molecular flexibility index (Phi) is 8.73. The van der Waals surface area contributed by atoms with Crippen LogP contribution < -0.4 is 16.0 Å². The lowest BCUT2D eigenvalue weighted by Gasteiger charge is -2.19. The maximum atomic E-state index is 13.0. The van der Waals surface area contributed by atoms with Gasteiger partial charge in [0.05, 0.1) is 4.90 Å². The van der Waals surface area contributed by atoms with E-state index in [1.54, 1.807) is 31.2 Å². The number of anilines is 1. The lowest BCUT2D eigenvalue weighted by molar-refractivity contribution is -0.118. The number of amides is 3. The molecule has 10 heteroatoms. The topological polar surface area (TPSA) is 108 Å². The van der Waals surface area contributed by atoms with E-state index < -0.39 is 28.0 Å². The van der Waals surface area contributed by atoms with Gasteiger partial charge in [-0.2, -0.15) is 0 Å². The van der Waals surface area contributed by atoms with Crippen LogP contribution in [0.4, 0.5) is 14.9 Å². The third-order valence-electron chi connectivity index (χ3n) is 4.78. The van der Waals surface area contributed by atoms with Gasteiger partial charge in [0, 0.05) is 26.3 Å². The second-order valence-electron chi connectivity index (χ2n) is 7.55. The Morgan fingerprint density at radius 1 is 1.09 bits per heavy atom. The molecular formula is C22H29FN4O4S. The lowest BCUT2D eigenvalue weighted by atomic mass is 10.1. The number of halogens is 1. The van der Waals surface area contributed by atoms with E-state index in [9.17, 15) is 22.4 Å². The van der Waals surface area contributed by atoms with Crippen LogP contribution in [0.1, 0.15) is 30.9 Å². The Balaban J connectivity index is 2.06. The number of nitrogens with zero attached hydrogens (tertiary/aromatic N) is 1. The molecule has 3 amide bonds. The van der Waals surface area contributed by atoms with Crippen molar-refractivity contribution < 1.29 is 22.4 Å². The molecule has 0 heterocycles. The molecule has 2 aromatic carbocycles. The zero-order chi connectivity index (χ0) is 23.9. The summed E-state index contributed by atoms with van der Waals surface area (Å²) in [5.74, 6) is -0.823. The first kappa shape index (κ1) is 25.3. The second kappa shape index (κ2) is 11.1. The highest BCUT2D eigenvalue weighted by Gasteiger charge is 2.23. The van der Waals surface area contributed by atoms with Crippen molar-refractivity contribution in [3.05, 3.63) is 59.4 Å². The quantitative estimate of drug-likeness (QED) is 0.530. The molecule has 32 heavy (non-hydrogen) atoms. The Labute approximate surface area is 188 Å². The van der Waals surface area contributed by atoms with Gasteiger partial charge in [0.1, 0.15) is 11.9 Å². The summed E-state index contributed by atoms with van der Waals surface area (Å²) in [6, 6.07) is 8.99. The first-order valence-corrected chi connectivity index (χ1v) is 11.6. The molecule has 2 rings (SSSR count). The third kappa shape index (κ3) is 6.76. The number of sulfonamides is 1. The van der Waals surface area contributed by atoms with Gasteiger partial charge >= 0.3 is 6.03 Å². The SMILES string of the molecule is CCCC(NC(=O)NCc1ccc(F)cc1)C(=O)Nc1ccc(C)c(S(=O)(=O)N(C)C)c1. The molecule has 0 aromatic heterocycles. The van der Waals surface area contributed by atoms with E-state index in [0.717, 1.165) is 4.31 Å². The molecule has 0 bridgehead atoms. The fourth-order valence-electron chi connectivity index (χ4n) is 2.93. The highest BCUT2D eigenvalue weighted by Crippen LogP contribution is 2.22. The number of aryl methyl sites for hydroxylation is 1. The predicted octanol–water partition coefficient (Wildman–Crippen LogP) is 2.99. The van der Waals surface area contributed by atoms with Crippen molar-refractivity contribution in [1.82, 2.24) is 14.9 Å². The van der Waals surface area contributed by atoms with Crippen molar-refractivity contribution in [2.24, 2.45) is 0 Å². The van der Waals surface area contributed by atoms with Crippen molar-refractivity contribution in [2.75, 3.05) is 19.4 Å². The summed E-state index contributed by atoms with van der Waals surface area (Å²) in [6.45, 7) is 3.73. The van der Waals surface area contributed by atoms with Gasteiger partial charge in [0.15, 0.2) is 0 Å². The van der Waals surface area contributed by atoms with Gasteiger partial charge < -0.3 is 16.0 Å². The van der Waals surface area contributed by atoms with E-state index in [0.29, 0.717) is 29.7 Å². The molecule has 8 nitrogen and oxygen atoms in total. The van der Waals surface area contributed by atoms with Crippen LogP contribution in [0.5, 0.6) is 0 Å². The smallest absolute Gasteiger partial charge is 0.315 e. The number of benzene rings is 2. The number of urea groups is 1. The molecule has 0 aliphatic rings. The maximum Gasteiger partial charge on any atom is 0.315 e. The van der Waals surface area contributed by atoms with Gasteiger partial charge in [-0.3, -0.25) is 4.79 Å². The van der Waals surface area contributed by atoms with Crippen LogP contribution in [-0.2, 0) is 21.4 Å². The standard InChI is InChI=1S/C22H29FN4O4S/c1-5-6-19(26-22(29)24-14-16-8-10-17(23)11-9-16)21(28)25-18-12-7-15(2)20(13-18)32(30,31)27(3)4/h7-13,19H,5-6,14H2,1-4H3,(H,25,28)(H2,24,26,29). The largest absolute Gasteiger partial charge is 0.334 e. The van der Waals surface area contributed by atoms with Gasteiger partial charge in [-0.05, 0) is 48.7 Å².